The minimum atomic E-state index is -4.00. The van der Waals surface area contributed by atoms with Crippen LogP contribution >= 0.6 is 0 Å². The monoisotopic (exact) mass is 503 g/mol. The maximum atomic E-state index is 14.3. The molecule has 0 aliphatic carbocycles. The molecule has 1 heterocycles. The molecule has 0 saturated carbocycles. The fourth-order valence-electron chi connectivity index (χ4n) is 3.76. The second kappa shape index (κ2) is 10.7. The Labute approximate surface area is 210 Å². The van der Waals surface area contributed by atoms with E-state index in [0.717, 1.165) is 29.0 Å². The number of pyridine rings is 1. The van der Waals surface area contributed by atoms with Crippen LogP contribution in [0.5, 0.6) is 0 Å². The van der Waals surface area contributed by atoms with Gasteiger partial charge in [-0.1, -0.05) is 54.1 Å². The Balaban J connectivity index is 1.70. The molecule has 0 bridgehead atoms. The van der Waals surface area contributed by atoms with E-state index in [1.54, 1.807) is 12.1 Å². The van der Waals surface area contributed by atoms with Crippen molar-refractivity contribution in [1.29, 1.82) is 0 Å². The zero-order valence-corrected chi connectivity index (χ0v) is 20.8. The third-order valence-electron chi connectivity index (χ3n) is 5.59. The molecule has 184 valence electrons. The summed E-state index contributed by atoms with van der Waals surface area (Å²) in [6.07, 6.45) is 0. The summed E-state index contributed by atoms with van der Waals surface area (Å²) < 4.78 is 42.8. The summed E-state index contributed by atoms with van der Waals surface area (Å²) in [7, 11) is -4.00. The number of carbonyl (C=O) groups excluding carboxylic acids is 1. The first-order chi connectivity index (χ1) is 17.2. The summed E-state index contributed by atoms with van der Waals surface area (Å²) in [5.74, 6) is -1.17. The van der Waals surface area contributed by atoms with E-state index in [2.05, 4.69) is 9.71 Å². The van der Waals surface area contributed by atoms with E-state index < -0.39 is 21.7 Å². The van der Waals surface area contributed by atoms with Gasteiger partial charge in [0.25, 0.3) is 15.9 Å². The standard InChI is InChI=1S/C28H26FN3O3S/c1-20-11-14-25(15-12-20)36(34,35)31-27-16-13-23(29)17-26(27)28(33)32(18-22-8-4-3-5-9-22)19-24-10-6-7-21(2)30-24/h3-17,31H,18-19H2,1-2H3. The molecule has 0 fully saturated rings. The zero-order valence-electron chi connectivity index (χ0n) is 20.0. The van der Waals surface area contributed by atoms with Crippen molar-refractivity contribution >= 4 is 21.6 Å². The Kier molecular flexibility index (Phi) is 7.45. The van der Waals surface area contributed by atoms with Gasteiger partial charge in [-0.25, -0.2) is 12.8 Å². The van der Waals surface area contributed by atoms with Crippen molar-refractivity contribution in [3.05, 3.63) is 125 Å². The van der Waals surface area contributed by atoms with Crippen molar-refractivity contribution in [3.63, 3.8) is 0 Å². The van der Waals surface area contributed by atoms with Crippen LogP contribution in [-0.2, 0) is 23.1 Å². The molecule has 6 nitrogen and oxygen atoms in total. The quantitative estimate of drug-likeness (QED) is 0.345. The number of anilines is 1. The first kappa shape index (κ1) is 25.1. The van der Waals surface area contributed by atoms with Crippen molar-refractivity contribution in [2.75, 3.05) is 4.72 Å². The second-order valence-corrected chi connectivity index (χ2v) is 10.2. The number of halogens is 1. The Bertz CT molecular complexity index is 1470. The Hall–Kier alpha value is -4.04. The molecule has 0 atom stereocenters. The maximum Gasteiger partial charge on any atom is 0.261 e. The highest BCUT2D eigenvalue weighted by atomic mass is 32.2. The van der Waals surface area contributed by atoms with Crippen LogP contribution in [0.15, 0.2) is 95.9 Å². The minimum absolute atomic E-state index is 0.00256. The predicted molar refractivity (Wildman–Crippen MR) is 137 cm³/mol. The molecule has 3 aromatic carbocycles. The van der Waals surface area contributed by atoms with E-state index in [9.17, 15) is 17.6 Å². The van der Waals surface area contributed by atoms with Gasteiger partial charge in [0, 0.05) is 12.2 Å². The van der Waals surface area contributed by atoms with Crippen LogP contribution < -0.4 is 4.72 Å². The number of hydrogen-bond donors (Lipinski definition) is 1. The fraction of sp³-hybridized carbons (Fsp3) is 0.143. The number of carbonyl (C=O) groups is 1. The van der Waals surface area contributed by atoms with Crippen molar-refractivity contribution in [3.8, 4) is 0 Å². The molecule has 0 aliphatic rings. The van der Waals surface area contributed by atoms with E-state index in [1.165, 1.54) is 23.1 Å². The average molecular weight is 504 g/mol. The lowest BCUT2D eigenvalue weighted by Gasteiger charge is -2.24. The largest absolute Gasteiger partial charge is 0.328 e. The highest BCUT2D eigenvalue weighted by molar-refractivity contribution is 7.92. The van der Waals surface area contributed by atoms with Crippen molar-refractivity contribution in [1.82, 2.24) is 9.88 Å². The lowest BCUT2D eigenvalue weighted by atomic mass is 10.1. The van der Waals surface area contributed by atoms with Crippen LogP contribution in [0.25, 0.3) is 0 Å². The van der Waals surface area contributed by atoms with Crippen LogP contribution in [0.4, 0.5) is 10.1 Å². The van der Waals surface area contributed by atoms with Gasteiger partial charge in [-0.05, 0) is 61.9 Å². The molecule has 8 heteroatoms. The Morgan fingerprint density at radius 2 is 1.61 bits per heavy atom. The summed E-state index contributed by atoms with van der Waals surface area (Å²) in [5, 5.41) is 0. The van der Waals surface area contributed by atoms with Gasteiger partial charge >= 0.3 is 0 Å². The number of aryl methyl sites for hydroxylation is 2. The molecular weight excluding hydrogens is 477 g/mol. The van der Waals surface area contributed by atoms with Crippen LogP contribution in [0.1, 0.15) is 32.9 Å². The molecule has 36 heavy (non-hydrogen) atoms. The molecule has 1 aromatic heterocycles. The summed E-state index contributed by atoms with van der Waals surface area (Å²) in [5.41, 5.74) is 3.16. The maximum absolute atomic E-state index is 14.3. The molecule has 0 unspecified atom stereocenters. The number of amides is 1. The van der Waals surface area contributed by atoms with Gasteiger partial charge < -0.3 is 4.90 Å². The van der Waals surface area contributed by atoms with Crippen molar-refractivity contribution in [2.24, 2.45) is 0 Å². The molecule has 0 aliphatic heterocycles. The highest BCUT2D eigenvalue weighted by Crippen LogP contribution is 2.25. The van der Waals surface area contributed by atoms with Crippen LogP contribution in [0.2, 0.25) is 0 Å². The molecule has 0 saturated heterocycles. The third-order valence-corrected chi connectivity index (χ3v) is 6.97. The number of nitrogens with zero attached hydrogens (tertiary/aromatic N) is 2. The number of benzene rings is 3. The Morgan fingerprint density at radius 3 is 2.31 bits per heavy atom. The number of sulfonamides is 1. The summed E-state index contributed by atoms with van der Waals surface area (Å²) in [6, 6.07) is 24.7. The van der Waals surface area contributed by atoms with Crippen molar-refractivity contribution in [2.45, 2.75) is 31.8 Å². The lowest BCUT2D eigenvalue weighted by Crippen LogP contribution is -2.31. The molecule has 4 rings (SSSR count). The van der Waals surface area contributed by atoms with Gasteiger partial charge in [0.2, 0.25) is 0 Å². The van der Waals surface area contributed by atoms with Crippen molar-refractivity contribution < 1.29 is 17.6 Å². The van der Waals surface area contributed by atoms with E-state index in [-0.39, 0.29) is 29.2 Å². The number of rotatable bonds is 8. The number of nitrogens with one attached hydrogen (secondary N) is 1. The van der Waals surface area contributed by atoms with Gasteiger partial charge in [-0.3, -0.25) is 14.5 Å². The van der Waals surface area contributed by atoms with Crippen LogP contribution in [0, 0.1) is 19.7 Å². The summed E-state index contributed by atoms with van der Waals surface area (Å²) in [6.45, 7) is 4.11. The molecule has 0 radical (unpaired) electrons. The minimum Gasteiger partial charge on any atom is -0.328 e. The topological polar surface area (TPSA) is 79.4 Å². The fourth-order valence-corrected chi connectivity index (χ4v) is 4.84. The van der Waals surface area contributed by atoms with Crippen LogP contribution in [0.3, 0.4) is 0 Å². The second-order valence-electron chi connectivity index (χ2n) is 8.53. The molecular formula is C28H26FN3O3S. The third kappa shape index (κ3) is 6.14. The molecule has 0 spiro atoms. The number of aromatic nitrogens is 1. The zero-order chi connectivity index (χ0) is 25.7. The Morgan fingerprint density at radius 1 is 0.889 bits per heavy atom. The first-order valence-electron chi connectivity index (χ1n) is 11.4. The molecule has 1 amide bonds. The SMILES string of the molecule is Cc1ccc(S(=O)(=O)Nc2ccc(F)cc2C(=O)N(Cc2ccccc2)Cc2cccc(C)n2)cc1. The van der Waals surface area contributed by atoms with Gasteiger partial charge in [0.1, 0.15) is 5.82 Å². The van der Waals surface area contributed by atoms with Crippen LogP contribution in [-0.4, -0.2) is 24.2 Å². The average Bonchev–Trinajstić information content (AvgIpc) is 2.85. The smallest absolute Gasteiger partial charge is 0.261 e. The predicted octanol–water partition coefficient (Wildman–Crippen LogP) is 5.48. The van der Waals surface area contributed by atoms with Gasteiger partial charge in [0.05, 0.1) is 28.4 Å². The van der Waals surface area contributed by atoms with E-state index in [4.69, 9.17) is 0 Å². The van der Waals surface area contributed by atoms with E-state index >= 15 is 0 Å². The van der Waals surface area contributed by atoms with E-state index in [1.807, 2.05) is 62.4 Å². The van der Waals surface area contributed by atoms with Gasteiger partial charge in [-0.15, -0.1) is 0 Å². The molecule has 4 aromatic rings. The lowest BCUT2D eigenvalue weighted by molar-refractivity contribution is 0.0728. The van der Waals surface area contributed by atoms with Gasteiger partial charge in [-0.2, -0.15) is 0 Å². The molecule has 1 N–H and O–H groups in total. The first-order valence-corrected chi connectivity index (χ1v) is 12.8. The van der Waals surface area contributed by atoms with E-state index in [0.29, 0.717) is 5.69 Å². The summed E-state index contributed by atoms with van der Waals surface area (Å²) in [4.78, 5) is 19.8. The summed E-state index contributed by atoms with van der Waals surface area (Å²) >= 11 is 0. The highest BCUT2D eigenvalue weighted by Gasteiger charge is 2.24. The van der Waals surface area contributed by atoms with Gasteiger partial charge in [0.15, 0.2) is 0 Å². The number of hydrogen-bond acceptors (Lipinski definition) is 4. The normalized spacial score (nSPS) is 11.2.